The first-order valence-corrected chi connectivity index (χ1v) is 10.5. The second-order valence-corrected chi connectivity index (χ2v) is 8.09. The van der Waals surface area contributed by atoms with Crippen molar-refractivity contribution in [1.29, 1.82) is 0 Å². The van der Waals surface area contributed by atoms with Gasteiger partial charge in [-0.25, -0.2) is 9.97 Å². The zero-order valence-electron chi connectivity index (χ0n) is 17.4. The molecule has 4 rings (SSSR count). The lowest BCUT2D eigenvalue weighted by molar-refractivity contribution is 0.0710. The van der Waals surface area contributed by atoms with E-state index in [2.05, 4.69) is 20.4 Å². The van der Waals surface area contributed by atoms with Gasteiger partial charge in [-0.3, -0.25) is 14.3 Å². The summed E-state index contributed by atoms with van der Waals surface area (Å²) in [5, 5.41) is 7.51. The summed E-state index contributed by atoms with van der Waals surface area (Å²) in [6.45, 7) is 3.09. The van der Waals surface area contributed by atoms with Gasteiger partial charge in [-0.1, -0.05) is 11.6 Å². The van der Waals surface area contributed by atoms with Crippen LogP contribution in [0.5, 0.6) is 0 Å². The van der Waals surface area contributed by atoms with Crippen molar-refractivity contribution in [2.45, 2.75) is 25.7 Å². The molecule has 0 radical (unpaired) electrons. The monoisotopic (exact) mass is 438 g/mol. The van der Waals surface area contributed by atoms with Crippen LogP contribution in [0, 0.1) is 6.92 Å². The number of carbonyl (C=O) groups excluding carboxylic acids is 2. The summed E-state index contributed by atoms with van der Waals surface area (Å²) in [5.41, 5.74) is 2.32. The van der Waals surface area contributed by atoms with Crippen LogP contribution >= 0.6 is 11.6 Å². The molecule has 1 aliphatic heterocycles. The molecule has 3 aromatic rings. The van der Waals surface area contributed by atoms with E-state index >= 15 is 0 Å². The number of amides is 2. The Hall–Kier alpha value is -3.26. The van der Waals surface area contributed by atoms with Gasteiger partial charge in [-0.2, -0.15) is 5.10 Å². The first-order valence-electron chi connectivity index (χ1n) is 10.1. The van der Waals surface area contributed by atoms with Gasteiger partial charge in [-0.15, -0.1) is 0 Å². The quantitative estimate of drug-likeness (QED) is 0.673. The Bertz CT molecular complexity index is 1100. The number of nitrogens with zero attached hydrogens (tertiary/aromatic N) is 5. The Morgan fingerprint density at radius 2 is 1.84 bits per heavy atom. The number of rotatable bonds is 4. The number of halogens is 1. The molecule has 0 aliphatic carbocycles. The molecule has 0 spiro atoms. The molecule has 2 amide bonds. The van der Waals surface area contributed by atoms with Crippen LogP contribution < -0.4 is 5.32 Å². The van der Waals surface area contributed by atoms with Crippen LogP contribution in [0.1, 0.15) is 51.0 Å². The fourth-order valence-corrected chi connectivity index (χ4v) is 3.82. The Balaban J connectivity index is 1.38. The van der Waals surface area contributed by atoms with Gasteiger partial charge in [0.25, 0.3) is 11.8 Å². The fourth-order valence-electron chi connectivity index (χ4n) is 3.69. The summed E-state index contributed by atoms with van der Waals surface area (Å²) in [6, 6.07) is 6.92. The van der Waals surface area contributed by atoms with E-state index in [9.17, 15) is 9.59 Å². The molecule has 0 saturated carbocycles. The van der Waals surface area contributed by atoms with Crippen molar-refractivity contribution >= 4 is 29.1 Å². The Kier molecular flexibility index (Phi) is 5.99. The van der Waals surface area contributed by atoms with Crippen molar-refractivity contribution in [2.75, 3.05) is 18.4 Å². The van der Waals surface area contributed by atoms with Gasteiger partial charge in [0.05, 0.1) is 23.0 Å². The smallest absolute Gasteiger partial charge is 0.259 e. The van der Waals surface area contributed by atoms with Gasteiger partial charge >= 0.3 is 0 Å². The second kappa shape index (κ2) is 8.85. The Morgan fingerprint density at radius 3 is 2.45 bits per heavy atom. The van der Waals surface area contributed by atoms with Gasteiger partial charge < -0.3 is 10.2 Å². The number of nitrogens with one attached hydrogen (secondary N) is 1. The van der Waals surface area contributed by atoms with Crippen molar-refractivity contribution in [3.8, 4) is 0 Å². The third kappa shape index (κ3) is 4.74. The molecular weight excluding hydrogens is 416 g/mol. The van der Waals surface area contributed by atoms with Crippen molar-refractivity contribution in [3.63, 3.8) is 0 Å². The molecule has 3 heterocycles. The Labute approximate surface area is 185 Å². The summed E-state index contributed by atoms with van der Waals surface area (Å²) < 4.78 is 1.63. The zero-order chi connectivity index (χ0) is 22.0. The molecule has 1 fully saturated rings. The standard InChI is InChI=1S/C22H23ClN6O2/c1-14-19(21(30)27-18-5-3-17(23)4-6-18)12-24-20(26-14)15-7-9-29(10-8-15)22(31)16-11-25-28(2)13-16/h3-6,11-13,15H,7-10H2,1-2H3,(H,27,30). The molecule has 1 aliphatic rings. The maximum Gasteiger partial charge on any atom is 0.259 e. The number of hydrogen-bond acceptors (Lipinski definition) is 5. The number of aryl methyl sites for hydroxylation is 2. The van der Waals surface area contributed by atoms with Crippen molar-refractivity contribution < 1.29 is 9.59 Å². The third-order valence-electron chi connectivity index (χ3n) is 5.44. The van der Waals surface area contributed by atoms with Gasteiger partial charge in [0.2, 0.25) is 0 Å². The summed E-state index contributed by atoms with van der Waals surface area (Å²) in [5.74, 6) is 0.611. The van der Waals surface area contributed by atoms with E-state index < -0.39 is 0 Å². The summed E-state index contributed by atoms with van der Waals surface area (Å²) in [4.78, 5) is 36.1. The molecule has 0 atom stereocenters. The first kappa shape index (κ1) is 21.0. The number of anilines is 1. The predicted octanol–water partition coefficient (Wildman–Crippen LogP) is 3.44. The molecule has 31 heavy (non-hydrogen) atoms. The first-order chi connectivity index (χ1) is 14.9. The van der Waals surface area contributed by atoms with Gasteiger partial charge in [-0.05, 0) is 44.0 Å². The number of aromatic nitrogens is 4. The van der Waals surface area contributed by atoms with E-state index in [4.69, 9.17) is 11.6 Å². The minimum absolute atomic E-state index is 0.00197. The minimum Gasteiger partial charge on any atom is -0.339 e. The fraction of sp³-hybridized carbons (Fsp3) is 0.318. The number of piperidine rings is 1. The number of likely N-dealkylation sites (tertiary alicyclic amines) is 1. The molecular formula is C22H23ClN6O2. The normalized spacial score (nSPS) is 14.5. The van der Waals surface area contributed by atoms with Gasteiger partial charge in [0, 0.05) is 49.2 Å². The molecule has 1 N–H and O–H groups in total. The highest BCUT2D eigenvalue weighted by Crippen LogP contribution is 2.27. The lowest BCUT2D eigenvalue weighted by atomic mass is 9.95. The van der Waals surface area contributed by atoms with Crippen LogP contribution in [0.25, 0.3) is 0 Å². The highest BCUT2D eigenvalue weighted by atomic mass is 35.5. The molecule has 1 aromatic carbocycles. The number of hydrogen-bond donors (Lipinski definition) is 1. The SMILES string of the molecule is Cc1nc(C2CCN(C(=O)c3cnn(C)c3)CC2)ncc1C(=O)Nc1ccc(Cl)cc1. The predicted molar refractivity (Wildman–Crippen MR) is 117 cm³/mol. The summed E-state index contributed by atoms with van der Waals surface area (Å²) in [7, 11) is 1.79. The molecule has 1 saturated heterocycles. The average molecular weight is 439 g/mol. The Morgan fingerprint density at radius 1 is 1.13 bits per heavy atom. The third-order valence-corrected chi connectivity index (χ3v) is 5.70. The highest BCUT2D eigenvalue weighted by Gasteiger charge is 2.27. The highest BCUT2D eigenvalue weighted by molar-refractivity contribution is 6.30. The number of benzene rings is 1. The second-order valence-electron chi connectivity index (χ2n) is 7.66. The average Bonchev–Trinajstić information content (AvgIpc) is 3.21. The van der Waals surface area contributed by atoms with E-state index in [1.165, 1.54) is 0 Å². The molecule has 160 valence electrons. The van der Waals surface area contributed by atoms with Crippen LogP contribution in [-0.2, 0) is 7.05 Å². The summed E-state index contributed by atoms with van der Waals surface area (Å²) >= 11 is 5.88. The lowest BCUT2D eigenvalue weighted by Crippen LogP contribution is -2.38. The molecule has 8 nitrogen and oxygen atoms in total. The molecule has 0 unspecified atom stereocenters. The van der Waals surface area contributed by atoms with Crippen molar-refractivity contribution in [1.82, 2.24) is 24.6 Å². The molecule has 9 heteroatoms. The zero-order valence-corrected chi connectivity index (χ0v) is 18.1. The van der Waals surface area contributed by atoms with Gasteiger partial charge in [0.15, 0.2) is 0 Å². The van der Waals surface area contributed by atoms with Gasteiger partial charge in [0.1, 0.15) is 5.82 Å². The van der Waals surface area contributed by atoms with Crippen LogP contribution in [0.3, 0.4) is 0 Å². The summed E-state index contributed by atoms with van der Waals surface area (Å²) in [6.07, 6.45) is 6.46. The van der Waals surface area contributed by atoms with Crippen LogP contribution in [0.4, 0.5) is 5.69 Å². The van der Waals surface area contributed by atoms with Crippen molar-refractivity contribution in [3.05, 3.63) is 70.5 Å². The lowest BCUT2D eigenvalue weighted by Gasteiger charge is -2.31. The molecule has 0 bridgehead atoms. The molecule has 2 aromatic heterocycles. The largest absolute Gasteiger partial charge is 0.339 e. The van der Waals surface area contributed by atoms with E-state index in [1.807, 2.05) is 11.8 Å². The van der Waals surface area contributed by atoms with Crippen LogP contribution in [-0.4, -0.2) is 49.6 Å². The topological polar surface area (TPSA) is 93.0 Å². The number of carbonyl (C=O) groups is 2. The van der Waals surface area contributed by atoms with E-state index in [-0.39, 0.29) is 17.7 Å². The minimum atomic E-state index is -0.261. The van der Waals surface area contributed by atoms with Crippen LogP contribution in [0.2, 0.25) is 5.02 Å². The van der Waals surface area contributed by atoms with E-state index in [1.54, 1.807) is 54.6 Å². The van der Waals surface area contributed by atoms with Crippen LogP contribution in [0.15, 0.2) is 42.9 Å². The maximum absolute atomic E-state index is 12.6. The maximum atomic E-state index is 12.6. The van der Waals surface area contributed by atoms with E-state index in [0.717, 1.165) is 12.8 Å². The van der Waals surface area contributed by atoms with E-state index in [0.29, 0.717) is 46.4 Å². The van der Waals surface area contributed by atoms with Crippen molar-refractivity contribution in [2.24, 2.45) is 7.05 Å².